The van der Waals surface area contributed by atoms with E-state index >= 15 is 0 Å². The third-order valence-electron chi connectivity index (χ3n) is 10.7. The Morgan fingerprint density at radius 1 is 1.11 bits per heavy atom. The molecule has 2 N–H and O–H groups in total. The van der Waals surface area contributed by atoms with Crippen molar-refractivity contribution in [2.24, 2.45) is 0 Å². The monoisotopic (exact) mass is 766 g/mol. The lowest BCUT2D eigenvalue weighted by Gasteiger charge is -2.34. The molecule has 3 atom stereocenters. The van der Waals surface area contributed by atoms with Gasteiger partial charge in [0.15, 0.2) is 11.5 Å². The zero-order valence-electron chi connectivity index (χ0n) is 29.9. The number of aromatic nitrogens is 4. The lowest BCUT2D eigenvalue weighted by Crippen LogP contribution is -2.37. The van der Waals surface area contributed by atoms with E-state index in [1.54, 1.807) is 25.1 Å². The topological polar surface area (TPSA) is 107 Å². The highest BCUT2D eigenvalue weighted by atomic mass is 35.5. The van der Waals surface area contributed by atoms with Crippen LogP contribution in [0.1, 0.15) is 59.7 Å². The van der Waals surface area contributed by atoms with Crippen molar-refractivity contribution < 1.29 is 23.4 Å². The van der Waals surface area contributed by atoms with Crippen LogP contribution in [0.2, 0.25) is 10.0 Å². The van der Waals surface area contributed by atoms with Gasteiger partial charge in [-0.25, -0.2) is 9.37 Å². The molecule has 4 aromatic carbocycles. The van der Waals surface area contributed by atoms with Crippen LogP contribution in [0.25, 0.3) is 27.5 Å². The second kappa shape index (κ2) is 13.4. The standard InChI is InChI=1S/C41H37Cl2FN6O4/c1-22-15-24(29-5-4-6-36-39(29)54-41(3,53-36)31-9-8-26(42)17-33(31)44)11-13-49(22)21-37-46-34-16-25(7-10-35(34)50(37)20-28-12-14-52-28)40(51)45-27-18-30-23(2)47-48-38(30)32(43)19-27/h4-11,16-19,22,28H,12-15,20-21H2,1-3H3,(H,45,51)(H,47,48)/t22-,28?,41-/m0/s1. The molecule has 9 rings (SSSR count). The van der Waals surface area contributed by atoms with Gasteiger partial charge >= 0.3 is 0 Å². The van der Waals surface area contributed by atoms with Gasteiger partial charge in [0.1, 0.15) is 11.6 Å². The number of nitrogens with zero attached hydrogens (tertiary/aromatic N) is 4. The number of para-hydroxylation sites is 1. The zero-order valence-corrected chi connectivity index (χ0v) is 31.4. The molecular weight excluding hydrogens is 730 g/mol. The molecule has 0 saturated carbocycles. The quantitative estimate of drug-likeness (QED) is 0.159. The van der Waals surface area contributed by atoms with Gasteiger partial charge in [-0.15, -0.1) is 0 Å². The lowest BCUT2D eigenvalue weighted by atomic mass is 9.94. The van der Waals surface area contributed by atoms with E-state index in [0.717, 1.165) is 64.0 Å². The van der Waals surface area contributed by atoms with Crippen molar-refractivity contribution in [3.63, 3.8) is 0 Å². The third-order valence-corrected chi connectivity index (χ3v) is 11.3. The number of fused-ring (bicyclic) bond motifs is 3. The van der Waals surface area contributed by atoms with Crippen LogP contribution in [-0.2, 0) is 23.6 Å². The summed E-state index contributed by atoms with van der Waals surface area (Å²) in [5.41, 5.74) is 6.66. The maximum absolute atomic E-state index is 15.0. The molecule has 1 amide bonds. The van der Waals surface area contributed by atoms with Gasteiger partial charge in [0, 0.05) is 53.3 Å². The molecule has 54 heavy (non-hydrogen) atoms. The molecule has 3 aliphatic heterocycles. The minimum atomic E-state index is -1.33. The summed E-state index contributed by atoms with van der Waals surface area (Å²) in [4.78, 5) is 21.0. The fourth-order valence-corrected chi connectivity index (χ4v) is 8.09. The number of aromatic amines is 1. The minimum absolute atomic E-state index is 0.120. The molecule has 0 aliphatic carbocycles. The summed E-state index contributed by atoms with van der Waals surface area (Å²) in [6.45, 7) is 8.55. The van der Waals surface area contributed by atoms with Gasteiger partial charge in [-0.3, -0.25) is 14.8 Å². The molecule has 3 aliphatic rings. The number of rotatable bonds is 8. The Balaban J connectivity index is 0.959. The average Bonchev–Trinajstić information content (AvgIpc) is 3.79. The van der Waals surface area contributed by atoms with Gasteiger partial charge in [0.05, 0.1) is 52.0 Å². The van der Waals surface area contributed by atoms with Crippen LogP contribution in [-0.4, -0.2) is 55.9 Å². The van der Waals surface area contributed by atoms with Gasteiger partial charge in [-0.2, -0.15) is 5.10 Å². The van der Waals surface area contributed by atoms with Gasteiger partial charge in [0.25, 0.3) is 11.7 Å². The zero-order chi connectivity index (χ0) is 37.3. The van der Waals surface area contributed by atoms with Gasteiger partial charge < -0.3 is 24.1 Å². The van der Waals surface area contributed by atoms with E-state index in [0.29, 0.717) is 52.4 Å². The maximum Gasteiger partial charge on any atom is 0.278 e. The van der Waals surface area contributed by atoms with E-state index in [1.165, 1.54) is 6.07 Å². The summed E-state index contributed by atoms with van der Waals surface area (Å²) < 4.78 is 35.7. The molecule has 6 aromatic rings. The van der Waals surface area contributed by atoms with Crippen molar-refractivity contribution in [3.05, 3.63) is 117 Å². The third kappa shape index (κ3) is 6.18. The van der Waals surface area contributed by atoms with Crippen LogP contribution in [0.15, 0.2) is 72.8 Å². The molecule has 1 unspecified atom stereocenters. The van der Waals surface area contributed by atoms with Crippen LogP contribution >= 0.6 is 23.2 Å². The number of benzene rings is 4. The highest BCUT2D eigenvalue weighted by Crippen LogP contribution is 2.49. The van der Waals surface area contributed by atoms with Crippen molar-refractivity contribution in [3.8, 4) is 11.5 Å². The molecule has 0 spiro atoms. The van der Waals surface area contributed by atoms with Crippen molar-refractivity contribution in [1.29, 1.82) is 0 Å². The summed E-state index contributed by atoms with van der Waals surface area (Å²) in [6, 6.07) is 19.7. The van der Waals surface area contributed by atoms with Crippen molar-refractivity contribution in [2.75, 3.05) is 18.5 Å². The first-order valence-corrected chi connectivity index (χ1v) is 18.7. The summed E-state index contributed by atoms with van der Waals surface area (Å²) in [5, 5.41) is 11.8. The van der Waals surface area contributed by atoms with Crippen LogP contribution in [0.4, 0.5) is 10.1 Å². The average molecular weight is 768 g/mol. The second-order valence-corrected chi connectivity index (χ2v) is 15.2. The van der Waals surface area contributed by atoms with E-state index in [2.05, 4.69) is 38.0 Å². The largest absolute Gasteiger partial charge is 0.444 e. The SMILES string of the molecule is Cc1n[nH]c2c(Cl)cc(NC(=O)c3ccc4c(c3)nc(CN3CC=C(c5cccc6c5O[C@@](C)(c5ccc(Cl)cc5F)O6)C[C@@H]3C)n4CC3CCO3)cc12. The number of imidazole rings is 1. The molecule has 1 fully saturated rings. The Labute approximate surface area is 320 Å². The molecule has 13 heteroatoms. The fourth-order valence-electron chi connectivity index (χ4n) is 7.67. The normalized spacial score (nSPS) is 21.0. The highest BCUT2D eigenvalue weighted by molar-refractivity contribution is 6.35. The molecule has 1 saturated heterocycles. The number of amides is 1. The van der Waals surface area contributed by atoms with E-state index in [1.807, 2.05) is 49.4 Å². The molecule has 276 valence electrons. The molecular formula is C41H37Cl2FN6O4. The van der Waals surface area contributed by atoms with Crippen LogP contribution < -0.4 is 14.8 Å². The summed E-state index contributed by atoms with van der Waals surface area (Å²) in [5.74, 6) is 0.00779. The molecule has 0 radical (unpaired) electrons. The number of carbonyl (C=O) groups excluding carboxylic acids is 1. The lowest BCUT2D eigenvalue weighted by molar-refractivity contribution is -0.0708. The van der Waals surface area contributed by atoms with Crippen LogP contribution in [0.3, 0.4) is 0 Å². The Hall–Kier alpha value is -4.94. The summed E-state index contributed by atoms with van der Waals surface area (Å²) in [6.07, 6.45) is 4.09. The minimum Gasteiger partial charge on any atom is -0.444 e. The number of aryl methyl sites for hydroxylation is 1. The first kappa shape index (κ1) is 34.8. The smallest absolute Gasteiger partial charge is 0.278 e. The number of hydrogen-bond donors (Lipinski definition) is 2. The van der Waals surface area contributed by atoms with Gasteiger partial charge in [-0.1, -0.05) is 41.4 Å². The number of carbonyl (C=O) groups is 1. The Bertz CT molecular complexity index is 2510. The van der Waals surface area contributed by atoms with Crippen molar-refractivity contribution in [2.45, 2.75) is 64.6 Å². The van der Waals surface area contributed by atoms with Gasteiger partial charge in [-0.05, 0) is 86.9 Å². The fraction of sp³-hybridized carbons (Fsp3) is 0.293. The Kier molecular flexibility index (Phi) is 8.65. The molecule has 0 bridgehead atoms. The van der Waals surface area contributed by atoms with Gasteiger partial charge in [0.2, 0.25) is 0 Å². The number of anilines is 1. The van der Waals surface area contributed by atoms with Crippen LogP contribution in [0.5, 0.6) is 11.5 Å². The second-order valence-electron chi connectivity index (χ2n) is 14.4. The van der Waals surface area contributed by atoms with E-state index in [-0.39, 0.29) is 23.6 Å². The number of nitrogens with one attached hydrogen (secondary N) is 2. The van der Waals surface area contributed by atoms with Crippen molar-refractivity contribution in [1.82, 2.24) is 24.6 Å². The molecule has 10 nitrogen and oxygen atoms in total. The summed E-state index contributed by atoms with van der Waals surface area (Å²) >= 11 is 12.5. The van der Waals surface area contributed by atoms with E-state index < -0.39 is 11.6 Å². The maximum atomic E-state index is 15.0. The number of halogens is 3. The van der Waals surface area contributed by atoms with Crippen molar-refractivity contribution >= 4 is 62.3 Å². The van der Waals surface area contributed by atoms with E-state index in [9.17, 15) is 9.18 Å². The number of hydrogen-bond acceptors (Lipinski definition) is 7. The highest BCUT2D eigenvalue weighted by Gasteiger charge is 2.42. The first-order valence-electron chi connectivity index (χ1n) is 18.0. The van der Waals surface area contributed by atoms with Crippen LogP contribution in [0, 0.1) is 12.7 Å². The number of H-pyrrole nitrogens is 1. The Morgan fingerprint density at radius 3 is 2.74 bits per heavy atom. The molecule has 2 aromatic heterocycles. The Morgan fingerprint density at radius 2 is 1.96 bits per heavy atom. The molecule has 5 heterocycles. The number of ether oxygens (including phenoxy) is 3. The predicted molar refractivity (Wildman–Crippen MR) is 207 cm³/mol. The van der Waals surface area contributed by atoms with E-state index in [4.69, 9.17) is 42.4 Å². The first-order chi connectivity index (χ1) is 26.0. The summed E-state index contributed by atoms with van der Waals surface area (Å²) in [7, 11) is 0. The predicted octanol–water partition coefficient (Wildman–Crippen LogP) is 9.03.